The van der Waals surface area contributed by atoms with Crippen LogP contribution in [-0.2, 0) is 32.2 Å². The van der Waals surface area contributed by atoms with Crippen molar-refractivity contribution in [1.82, 2.24) is 0 Å². The molecule has 3 aromatic carbocycles. The lowest BCUT2D eigenvalue weighted by Gasteiger charge is -2.24. The van der Waals surface area contributed by atoms with Crippen molar-refractivity contribution >= 4 is 35.5 Å². The van der Waals surface area contributed by atoms with Crippen LogP contribution in [-0.4, -0.2) is 48.8 Å². The average molecular weight is 595 g/mol. The molecule has 0 aromatic heterocycles. The van der Waals surface area contributed by atoms with E-state index in [2.05, 4.69) is 0 Å². The normalized spacial score (nSPS) is 11.2. The van der Waals surface area contributed by atoms with Gasteiger partial charge in [0.2, 0.25) is 0 Å². The molecule has 226 valence electrons. The molecule has 3 rings (SSSR count). The molecule has 10 nitrogen and oxygen atoms in total. The lowest BCUT2D eigenvalue weighted by Crippen LogP contribution is -2.24. The van der Waals surface area contributed by atoms with Gasteiger partial charge < -0.3 is 29.5 Å². The van der Waals surface area contributed by atoms with Crippen LogP contribution in [0.2, 0.25) is 0 Å². The van der Waals surface area contributed by atoms with Crippen LogP contribution in [0, 0.1) is 22.7 Å². The first-order valence-electron chi connectivity index (χ1n) is 13.9. The van der Waals surface area contributed by atoms with E-state index in [1.807, 2.05) is 36.4 Å². The second-order valence-corrected chi connectivity index (χ2v) is 9.46. The number of nitrogens with zero attached hydrogens (tertiary/aromatic N) is 4. The van der Waals surface area contributed by atoms with Gasteiger partial charge in [-0.2, -0.15) is 10.5 Å². The highest BCUT2D eigenvalue weighted by Gasteiger charge is 2.13. The van der Waals surface area contributed by atoms with Crippen LogP contribution in [0.5, 0.6) is 0 Å². The summed E-state index contributed by atoms with van der Waals surface area (Å²) in [6.07, 6.45) is 2.92. The molecule has 44 heavy (non-hydrogen) atoms. The summed E-state index contributed by atoms with van der Waals surface area (Å²) in [6.45, 7) is 4.15. The van der Waals surface area contributed by atoms with E-state index in [9.17, 15) is 30.3 Å². The monoisotopic (exact) mass is 594 g/mol. The fraction of sp³-hybridized carbons (Fsp3) is 0.235. The van der Waals surface area contributed by atoms with Crippen molar-refractivity contribution in [3.8, 4) is 12.1 Å². The minimum absolute atomic E-state index is 0.0899. The summed E-state index contributed by atoms with van der Waals surface area (Å²) in [7, 11) is 0. The summed E-state index contributed by atoms with van der Waals surface area (Å²) >= 11 is 0. The number of esters is 2. The quantitative estimate of drug-likeness (QED) is 0.118. The third kappa shape index (κ3) is 9.30. The summed E-state index contributed by atoms with van der Waals surface area (Å²) in [6, 6.07) is 25.8. The Morgan fingerprint density at radius 3 is 1.27 bits per heavy atom. The van der Waals surface area contributed by atoms with Crippen LogP contribution in [0.3, 0.4) is 0 Å². The molecule has 0 radical (unpaired) electrons. The molecule has 0 bridgehead atoms. The lowest BCUT2D eigenvalue weighted by molar-refractivity contribution is -0.138. The highest BCUT2D eigenvalue weighted by molar-refractivity contribution is 5.98. The molecule has 0 aliphatic heterocycles. The first-order valence-corrected chi connectivity index (χ1v) is 13.9. The zero-order valence-electron chi connectivity index (χ0n) is 24.6. The van der Waals surface area contributed by atoms with Crippen molar-refractivity contribution in [3.05, 3.63) is 106 Å². The van der Waals surface area contributed by atoms with E-state index >= 15 is 0 Å². The van der Waals surface area contributed by atoms with E-state index < -0.39 is 11.9 Å². The van der Waals surface area contributed by atoms with Crippen molar-refractivity contribution in [2.24, 2.45) is 0 Å². The van der Waals surface area contributed by atoms with Gasteiger partial charge in [0, 0.05) is 24.5 Å². The SMILES string of the molecule is CCOC(=O)C(C#N)=Cc1ccc(N(CO)Cc2ccc(CN(CO)c3ccc(C=C(C#N)C(=O)OCC)cc3)cc2)cc1. The van der Waals surface area contributed by atoms with Gasteiger partial charge in [0.1, 0.15) is 36.7 Å². The fourth-order valence-electron chi connectivity index (χ4n) is 4.22. The number of hydrogen-bond donors (Lipinski definition) is 2. The average Bonchev–Trinajstić information content (AvgIpc) is 3.05. The van der Waals surface area contributed by atoms with E-state index in [1.165, 1.54) is 12.2 Å². The number of carbonyl (C=O) groups excluding carboxylic acids is 2. The van der Waals surface area contributed by atoms with Crippen LogP contribution in [0.25, 0.3) is 12.2 Å². The van der Waals surface area contributed by atoms with Crippen LogP contribution in [0.15, 0.2) is 83.9 Å². The molecule has 2 N–H and O–H groups in total. The topological polar surface area (TPSA) is 147 Å². The summed E-state index contributed by atoms with van der Waals surface area (Å²) in [5.41, 5.74) is 4.58. The van der Waals surface area contributed by atoms with Crippen LogP contribution in [0.4, 0.5) is 11.4 Å². The summed E-state index contributed by atoms with van der Waals surface area (Å²) in [5.74, 6) is -1.34. The van der Waals surface area contributed by atoms with Gasteiger partial charge >= 0.3 is 11.9 Å². The van der Waals surface area contributed by atoms with Crippen LogP contribution >= 0.6 is 0 Å². The molecule has 0 heterocycles. The van der Waals surface area contributed by atoms with E-state index in [0.29, 0.717) is 24.2 Å². The van der Waals surface area contributed by atoms with Gasteiger partial charge in [-0.1, -0.05) is 48.5 Å². The van der Waals surface area contributed by atoms with E-state index in [1.54, 1.807) is 72.2 Å². The minimum Gasteiger partial charge on any atom is -0.462 e. The Morgan fingerprint density at radius 1 is 0.659 bits per heavy atom. The second-order valence-electron chi connectivity index (χ2n) is 9.46. The fourth-order valence-corrected chi connectivity index (χ4v) is 4.22. The summed E-state index contributed by atoms with van der Waals surface area (Å²) in [4.78, 5) is 27.3. The lowest BCUT2D eigenvalue weighted by atomic mass is 10.1. The summed E-state index contributed by atoms with van der Waals surface area (Å²) < 4.78 is 9.79. The van der Waals surface area contributed by atoms with Gasteiger partial charge in [-0.25, -0.2) is 9.59 Å². The zero-order valence-corrected chi connectivity index (χ0v) is 24.6. The Hall–Kier alpha value is -5.42. The van der Waals surface area contributed by atoms with Crippen molar-refractivity contribution in [3.63, 3.8) is 0 Å². The first-order chi connectivity index (χ1) is 21.3. The van der Waals surface area contributed by atoms with Crippen LogP contribution < -0.4 is 9.80 Å². The number of aliphatic hydroxyl groups is 2. The van der Waals surface area contributed by atoms with E-state index in [-0.39, 0.29) is 37.8 Å². The van der Waals surface area contributed by atoms with Gasteiger partial charge in [0.25, 0.3) is 0 Å². The Morgan fingerprint density at radius 2 is 1.00 bits per heavy atom. The van der Waals surface area contributed by atoms with E-state index in [4.69, 9.17) is 9.47 Å². The zero-order chi connectivity index (χ0) is 31.9. The highest BCUT2D eigenvalue weighted by atomic mass is 16.5. The minimum atomic E-state index is -0.671. The molecule has 0 fully saturated rings. The predicted octanol–water partition coefficient (Wildman–Crippen LogP) is 4.54. The van der Waals surface area contributed by atoms with E-state index in [0.717, 1.165) is 22.5 Å². The van der Waals surface area contributed by atoms with Crippen molar-refractivity contribution in [1.29, 1.82) is 10.5 Å². The second kappa shape index (κ2) is 16.9. The molecule has 10 heteroatoms. The molecule has 0 spiro atoms. The maximum absolute atomic E-state index is 11.9. The molecule has 0 atom stereocenters. The standard InChI is InChI=1S/C34H34N4O6/c1-3-43-33(41)29(19-35)17-25-9-13-31(14-10-25)37(23-39)21-27-5-7-28(8-6-27)22-38(24-40)32-15-11-26(12-16-32)18-30(20-36)34(42)44-4-2/h5-18,39-40H,3-4,21-24H2,1-2H3. The number of carbonyl (C=O) groups is 2. The van der Waals surface area contributed by atoms with Gasteiger partial charge in [0.05, 0.1) is 13.2 Å². The molecule has 0 amide bonds. The Bertz CT molecular complexity index is 1430. The van der Waals surface area contributed by atoms with Crippen LogP contribution in [0.1, 0.15) is 36.1 Å². The van der Waals surface area contributed by atoms with Gasteiger partial charge in [-0.05, 0) is 72.5 Å². The van der Waals surface area contributed by atoms with Gasteiger partial charge in [0.15, 0.2) is 0 Å². The number of hydrogen-bond acceptors (Lipinski definition) is 10. The third-order valence-electron chi connectivity index (χ3n) is 6.48. The predicted molar refractivity (Wildman–Crippen MR) is 166 cm³/mol. The molecule has 0 saturated heterocycles. The molecule has 0 aliphatic carbocycles. The summed E-state index contributed by atoms with van der Waals surface area (Å²) in [5, 5.41) is 38.5. The smallest absolute Gasteiger partial charge is 0.348 e. The number of aliphatic hydroxyl groups excluding tert-OH is 2. The Balaban J connectivity index is 1.65. The van der Waals surface area contributed by atoms with Crippen molar-refractivity contribution in [2.75, 3.05) is 36.5 Å². The largest absolute Gasteiger partial charge is 0.462 e. The number of ether oxygens (including phenoxy) is 2. The molecule has 0 saturated carbocycles. The van der Waals surface area contributed by atoms with Gasteiger partial charge in [-0.15, -0.1) is 0 Å². The molecular weight excluding hydrogens is 560 g/mol. The maximum atomic E-state index is 11.9. The molecule has 3 aromatic rings. The first kappa shape index (κ1) is 33.1. The molecule has 0 aliphatic rings. The molecule has 0 unspecified atom stereocenters. The Kier molecular flexibility index (Phi) is 12.7. The molecular formula is C34H34N4O6. The number of benzene rings is 3. The van der Waals surface area contributed by atoms with Gasteiger partial charge in [-0.3, -0.25) is 0 Å². The number of rotatable bonds is 14. The van der Waals surface area contributed by atoms with Crippen molar-refractivity contribution < 1.29 is 29.3 Å². The Labute approximate surface area is 256 Å². The third-order valence-corrected chi connectivity index (χ3v) is 6.48. The van der Waals surface area contributed by atoms with Crippen molar-refractivity contribution in [2.45, 2.75) is 26.9 Å². The number of anilines is 2. The highest BCUT2D eigenvalue weighted by Crippen LogP contribution is 2.22. The number of nitriles is 2. The maximum Gasteiger partial charge on any atom is 0.348 e.